The van der Waals surface area contributed by atoms with Crippen LogP contribution in [-0.2, 0) is 6.42 Å². The lowest BCUT2D eigenvalue weighted by molar-refractivity contribution is 0.586. The predicted octanol–water partition coefficient (Wildman–Crippen LogP) is -0.232. The van der Waals surface area contributed by atoms with Crippen LogP contribution >= 0.6 is 0 Å². The van der Waals surface area contributed by atoms with Crippen molar-refractivity contribution in [1.29, 1.82) is 0 Å². The molecule has 0 aliphatic rings. The summed E-state index contributed by atoms with van der Waals surface area (Å²) in [6.45, 7) is 2.08. The summed E-state index contributed by atoms with van der Waals surface area (Å²) in [5.41, 5.74) is 5.48. The highest BCUT2D eigenvalue weighted by atomic mass is 16.1. The molecule has 1 heterocycles. The van der Waals surface area contributed by atoms with Crippen molar-refractivity contribution < 1.29 is 0 Å². The van der Waals surface area contributed by atoms with Gasteiger partial charge in [-0.15, -0.1) is 0 Å². The molecular formula is C7H14N4O. The first-order valence-electron chi connectivity index (χ1n) is 4.11. The zero-order chi connectivity index (χ0) is 8.97. The lowest BCUT2D eigenvalue weighted by Gasteiger charge is -2.05. The van der Waals surface area contributed by atoms with Crippen molar-refractivity contribution in [3.63, 3.8) is 0 Å². The van der Waals surface area contributed by atoms with Crippen molar-refractivity contribution in [2.45, 2.75) is 32.2 Å². The quantitative estimate of drug-likeness (QED) is 0.583. The summed E-state index contributed by atoms with van der Waals surface area (Å²) in [7, 11) is 0. The van der Waals surface area contributed by atoms with E-state index in [-0.39, 0.29) is 11.7 Å². The second kappa shape index (κ2) is 4.06. The van der Waals surface area contributed by atoms with Gasteiger partial charge in [0.15, 0.2) is 0 Å². The number of nitrogens with zero attached hydrogens (tertiary/aromatic N) is 1. The minimum Gasteiger partial charge on any atom is -0.327 e. The van der Waals surface area contributed by atoms with Crippen LogP contribution in [-0.4, -0.2) is 21.2 Å². The van der Waals surface area contributed by atoms with Gasteiger partial charge in [-0.1, -0.05) is 13.3 Å². The zero-order valence-corrected chi connectivity index (χ0v) is 7.13. The van der Waals surface area contributed by atoms with Crippen LogP contribution in [0, 0.1) is 0 Å². The van der Waals surface area contributed by atoms with Crippen molar-refractivity contribution in [3.8, 4) is 0 Å². The van der Waals surface area contributed by atoms with E-state index in [0.29, 0.717) is 12.2 Å². The number of H-pyrrole nitrogens is 2. The van der Waals surface area contributed by atoms with Gasteiger partial charge < -0.3 is 5.73 Å². The fraction of sp³-hybridized carbons (Fsp3) is 0.714. The molecule has 4 N–H and O–H groups in total. The number of nitrogens with two attached hydrogens (primary N) is 1. The van der Waals surface area contributed by atoms with Crippen molar-refractivity contribution in [1.82, 2.24) is 15.2 Å². The Kier molecular flexibility index (Phi) is 3.04. The van der Waals surface area contributed by atoms with Crippen LogP contribution in [0.15, 0.2) is 4.79 Å². The Morgan fingerprint density at radius 1 is 1.67 bits per heavy atom. The van der Waals surface area contributed by atoms with Gasteiger partial charge in [0.2, 0.25) is 0 Å². The summed E-state index contributed by atoms with van der Waals surface area (Å²) in [5.74, 6) is 0.640. The Hall–Kier alpha value is -1.10. The molecule has 1 unspecified atom stereocenters. The third-order valence-corrected chi connectivity index (χ3v) is 1.67. The molecule has 5 heteroatoms. The van der Waals surface area contributed by atoms with Gasteiger partial charge in [0.1, 0.15) is 5.82 Å². The Morgan fingerprint density at radius 2 is 2.42 bits per heavy atom. The maximum Gasteiger partial charge on any atom is 0.340 e. The largest absolute Gasteiger partial charge is 0.340 e. The third kappa shape index (κ3) is 2.50. The van der Waals surface area contributed by atoms with Gasteiger partial charge in [-0.25, -0.2) is 9.89 Å². The van der Waals surface area contributed by atoms with Crippen LogP contribution in [0.2, 0.25) is 0 Å². The molecule has 0 bridgehead atoms. The molecule has 1 atom stereocenters. The van der Waals surface area contributed by atoms with Crippen molar-refractivity contribution in [2.75, 3.05) is 0 Å². The molecule has 0 fully saturated rings. The summed E-state index contributed by atoms with van der Waals surface area (Å²) < 4.78 is 0. The first kappa shape index (κ1) is 8.99. The van der Waals surface area contributed by atoms with Crippen molar-refractivity contribution in [2.24, 2.45) is 5.73 Å². The fourth-order valence-corrected chi connectivity index (χ4v) is 1.12. The maximum atomic E-state index is 10.6. The molecule has 1 aromatic rings. The number of aromatic amines is 2. The maximum absolute atomic E-state index is 10.6. The Balaban J connectivity index is 2.46. The average molecular weight is 170 g/mol. The highest BCUT2D eigenvalue weighted by Gasteiger charge is 2.05. The van der Waals surface area contributed by atoms with E-state index in [9.17, 15) is 4.79 Å². The second-order valence-electron chi connectivity index (χ2n) is 2.88. The summed E-state index contributed by atoms with van der Waals surface area (Å²) in [6.07, 6.45) is 2.64. The van der Waals surface area contributed by atoms with Crippen LogP contribution in [0.5, 0.6) is 0 Å². The molecule has 0 radical (unpaired) electrons. The first-order chi connectivity index (χ1) is 5.72. The van der Waals surface area contributed by atoms with Crippen LogP contribution < -0.4 is 11.4 Å². The summed E-state index contributed by atoms with van der Waals surface area (Å²) in [4.78, 5) is 13.2. The molecule has 0 spiro atoms. The molecule has 0 saturated carbocycles. The number of hydrogen-bond acceptors (Lipinski definition) is 3. The summed E-state index contributed by atoms with van der Waals surface area (Å²) in [6, 6.07) is 0.0916. The third-order valence-electron chi connectivity index (χ3n) is 1.67. The first-order valence-corrected chi connectivity index (χ1v) is 4.11. The Morgan fingerprint density at radius 3 is 2.92 bits per heavy atom. The minimum absolute atomic E-state index is 0.0916. The van der Waals surface area contributed by atoms with Crippen molar-refractivity contribution in [3.05, 3.63) is 16.3 Å². The molecule has 5 nitrogen and oxygen atoms in total. The number of hydrogen-bond donors (Lipinski definition) is 3. The van der Waals surface area contributed by atoms with Crippen LogP contribution in [0.1, 0.15) is 25.6 Å². The van der Waals surface area contributed by atoms with E-state index in [2.05, 4.69) is 22.1 Å². The highest BCUT2D eigenvalue weighted by Crippen LogP contribution is 1.98. The number of nitrogens with one attached hydrogen (secondary N) is 2. The van der Waals surface area contributed by atoms with Gasteiger partial charge in [0.25, 0.3) is 0 Å². The molecule has 0 saturated heterocycles. The lowest BCUT2D eigenvalue weighted by Crippen LogP contribution is -2.23. The van der Waals surface area contributed by atoms with Gasteiger partial charge in [-0.2, -0.15) is 5.10 Å². The van der Waals surface area contributed by atoms with E-state index in [0.717, 1.165) is 12.8 Å². The summed E-state index contributed by atoms with van der Waals surface area (Å²) in [5, 5.41) is 6.06. The van der Waals surface area contributed by atoms with Crippen LogP contribution in [0.4, 0.5) is 0 Å². The van der Waals surface area contributed by atoms with Crippen LogP contribution in [0.25, 0.3) is 0 Å². The van der Waals surface area contributed by atoms with Gasteiger partial charge in [0.05, 0.1) is 0 Å². The van der Waals surface area contributed by atoms with Gasteiger partial charge in [0, 0.05) is 12.5 Å². The average Bonchev–Trinajstić information content (AvgIpc) is 2.36. The summed E-state index contributed by atoms with van der Waals surface area (Å²) >= 11 is 0. The smallest absolute Gasteiger partial charge is 0.327 e. The Labute approximate surface area is 70.4 Å². The van der Waals surface area contributed by atoms with E-state index in [1.165, 1.54) is 0 Å². The standard InChI is InChI=1S/C7H14N4O/c1-2-3-5(8)4-6-9-7(12)11-10-6/h5H,2-4,8H2,1H3,(H2,9,10,11,12). The van der Waals surface area contributed by atoms with Gasteiger partial charge in [-0.05, 0) is 6.42 Å². The molecule has 1 rings (SSSR count). The lowest BCUT2D eigenvalue weighted by atomic mass is 10.1. The molecule has 12 heavy (non-hydrogen) atoms. The Bertz CT molecular complexity index is 277. The normalized spacial score (nSPS) is 13.2. The second-order valence-corrected chi connectivity index (χ2v) is 2.88. The highest BCUT2D eigenvalue weighted by molar-refractivity contribution is 4.85. The fourth-order valence-electron chi connectivity index (χ4n) is 1.12. The number of aromatic nitrogens is 3. The van der Waals surface area contributed by atoms with Gasteiger partial charge in [-0.3, -0.25) is 4.98 Å². The topological polar surface area (TPSA) is 87.6 Å². The molecule has 0 aliphatic carbocycles. The molecule has 68 valence electrons. The molecule has 1 aromatic heterocycles. The molecule has 0 amide bonds. The van der Waals surface area contributed by atoms with E-state index < -0.39 is 0 Å². The monoisotopic (exact) mass is 170 g/mol. The van der Waals surface area contributed by atoms with E-state index >= 15 is 0 Å². The number of rotatable bonds is 4. The SMILES string of the molecule is CCCC(N)Cc1n[nH]c(=O)[nH]1. The zero-order valence-electron chi connectivity index (χ0n) is 7.13. The minimum atomic E-state index is -0.270. The van der Waals surface area contributed by atoms with E-state index in [1.54, 1.807) is 0 Å². The van der Waals surface area contributed by atoms with Crippen LogP contribution in [0.3, 0.4) is 0 Å². The molecule has 0 aliphatic heterocycles. The molecular weight excluding hydrogens is 156 g/mol. The van der Waals surface area contributed by atoms with Gasteiger partial charge >= 0.3 is 5.69 Å². The molecule has 0 aromatic carbocycles. The predicted molar refractivity (Wildman–Crippen MR) is 45.8 cm³/mol. The van der Waals surface area contributed by atoms with E-state index in [4.69, 9.17) is 5.73 Å². The van der Waals surface area contributed by atoms with Crippen molar-refractivity contribution >= 4 is 0 Å². The van der Waals surface area contributed by atoms with E-state index in [1.807, 2.05) is 0 Å².